The number of methoxy groups -OCH3 is 1. The summed E-state index contributed by atoms with van der Waals surface area (Å²) in [5.74, 6) is 3.21. The molecule has 4 rings (SSSR count). The first-order valence-corrected chi connectivity index (χ1v) is 9.20. The van der Waals surface area contributed by atoms with Crippen molar-refractivity contribution in [2.75, 3.05) is 61.1 Å². The molecule has 2 aliphatic heterocycles. The largest absolute Gasteiger partial charge is 0.481 e. The fraction of sp³-hybridized carbons (Fsp3) is 0.556. The maximum absolute atomic E-state index is 5.20. The number of anilines is 3. The lowest BCUT2D eigenvalue weighted by Gasteiger charge is -2.35. The third kappa shape index (κ3) is 3.49. The molecule has 2 aromatic heterocycles. The smallest absolute Gasteiger partial charge is 0.228 e. The minimum absolute atomic E-state index is 0.596. The van der Waals surface area contributed by atoms with Crippen LogP contribution in [0.2, 0.25) is 0 Å². The highest BCUT2D eigenvalue weighted by Gasteiger charge is 2.22. The number of aromatic nitrogens is 4. The summed E-state index contributed by atoms with van der Waals surface area (Å²) in [6.45, 7) is 7.65. The second-order valence-electron chi connectivity index (χ2n) is 6.73. The summed E-state index contributed by atoms with van der Waals surface area (Å²) in [4.78, 5) is 25.1. The van der Waals surface area contributed by atoms with E-state index in [1.807, 2.05) is 6.92 Å². The van der Waals surface area contributed by atoms with Gasteiger partial charge in [-0.3, -0.25) is 0 Å². The zero-order valence-corrected chi connectivity index (χ0v) is 15.4. The van der Waals surface area contributed by atoms with Crippen LogP contribution in [0.1, 0.15) is 18.5 Å². The standard InChI is InChI=1S/C18H25N7O/c1-14-13-15(21-18(20-14)24-7-3-4-8-24)23-9-11-25(12-10-23)17-19-6-5-16(22-17)26-2/h5-6,13H,3-4,7-12H2,1-2H3. The zero-order valence-electron chi connectivity index (χ0n) is 15.4. The Labute approximate surface area is 153 Å². The second kappa shape index (κ2) is 7.31. The summed E-state index contributed by atoms with van der Waals surface area (Å²) in [5, 5.41) is 0. The minimum Gasteiger partial charge on any atom is -0.481 e. The first kappa shape index (κ1) is 16.8. The molecule has 8 nitrogen and oxygen atoms in total. The lowest BCUT2D eigenvalue weighted by molar-refractivity contribution is 0.396. The van der Waals surface area contributed by atoms with Crippen molar-refractivity contribution in [1.82, 2.24) is 19.9 Å². The highest BCUT2D eigenvalue weighted by Crippen LogP contribution is 2.22. The van der Waals surface area contributed by atoms with Gasteiger partial charge in [0.2, 0.25) is 17.8 Å². The maximum Gasteiger partial charge on any atom is 0.228 e. The molecule has 0 saturated carbocycles. The van der Waals surface area contributed by atoms with Crippen LogP contribution in [0.4, 0.5) is 17.7 Å². The van der Waals surface area contributed by atoms with Gasteiger partial charge in [0.05, 0.1) is 7.11 Å². The Kier molecular flexibility index (Phi) is 4.73. The number of piperazine rings is 1. The lowest BCUT2D eigenvalue weighted by Crippen LogP contribution is -2.47. The summed E-state index contributed by atoms with van der Waals surface area (Å²) in [6, 6.07) is 3.85. The van der Waals surface area contributed by atoms with Gasteiger partial charge in [-0.1, -0.05) is 0 Å². The van der Waals surface area contributed by atoms with Crippen LogP contribution in [0.3, 0.4) is 0 Å². The van der Waals surface area contributed by atoms with E-state index in [1.54, 1.807) is 19.4 Å². The van der Waals surface area contributed by atoms with E-state index in [0.29, 0.717) is 5.88 Å². The van der Waals surface area contributed by atoms with Crippen LogP contribution >= 0.6 is 0 Å². The highest BCUT2D eigenvalue weighted by molar-refractivity contribution is 5.48. The van der Waals surface area contributed by atoms with E-state index in [2.05, 4.69) is 35.7 Å². The molecule has 0 radical (unpaired) electrons. The van der Waals surface area contributed by atoms with Gasteiger partial charge in [0.15, 0.2) is 0 Å². The predicted molar refractivity (Wildman–Crippen MR) is 101 cm³/mol. The summed E-state index contributed by atoms with van der Waals surface area (Å²) in [7, 11) is 1.62. The topological polar surface area (TPSA) is 70.5 Å². The summed E-state index contributed by atoms with van der Waals surface area (Å²) in [6.07, 6.45) is 4.20. The van der Waals surface area contributed by atoms with Crippen LogP contribution in [0.15, 0.2) is 18.3 Å². The molecule has 0 N–H and O–H groups in total. The Morgan fingerprint density at radius 1 is 0.846 bits per heavy atom. The molecule has 2 saturated heterocycles. The molecule has 138 valence electrons. The monoisotopic (exact) mass is 355 g/mol. The molecule has 0 aromatic carbocycles. The van der Waals surface area contributed by atoms with Crippen LogP contribution in [0.5, 0.6) is 5.88 Å². The van der Waals surface area contributed by atoms with E-state index in [0.717, 1.165) is 62.7 Å². The average Bonchev–Trinajstić information content (AvgIpc) is 3.23. The Hall–Kier alpha value is -2.64. The van der Waals surface area contributed by atoms with Gasteiger partial charge in [0.1, 0.15) is 5.82 Å². The first-order chi connectivity index (χ1) is 12.7. The van der Waals surface area contributed by atoms with Crippen LogP contribution < -0.4 is 19.4 Å². The van der Waals surface area contributed by atoms with Crippen molar-refractivity contribution >= 4 is 17.7 Å². The van der Waals surface area contributed by atoms with Crippen molar-refractivity contribution in [2.45, 2.75) is 19.8 Å². The van der Waals surface area contributed by atoms with E-state index < -0.39 is 0 Å². The van der Waals surface area contributed by atoms with Gasteiger partial charge >= 0.3 is 0 Å². The van der Waals surface area contributed by atoms with Gasteiger partial charge < -0.3 is 19.4 Å². The van der Waals surface area contributed by atoms with E-state index in [1.165, 1.54) is 12.8 Å². The van der Waals surface area contributed by atoms with E-state index >= 15 is 0 Å². The molecule has 0 atom stereocenters. The molecule has 0 aliphatic carbocycles. The number of hydrogen-bond acceptors (Lipinski definition) is 8. The summed E-state index contributed by atoms with van der Waals surface area (Å²) in [5.41, 5.74) is 1.02. The van der Waals surface area contributed by atoms with Gasteiger partial charge in [0.25, 0.3) is 0 Å². The summed E-state index contributed by atoms with van der Waals surface area (Å²) >= 11 is 0. The van der Waals surface area contributed by atoms with Crippen molar-refractivity contribution < 1.29 is 4.74 Å². The van der Waals surface area contributed by atoms with Crippen molar-refractivity contribution in [1.29, 1.82) is 0 Å². The number of hydrogen-bond donors (Lipinski definition) is 0. The normalized spacial score (nSPS) is 17.7. The molecule has 8 heteroatoms. The zero-order chi connectivity index (χ0) is 17.9. The SMILES string of the molecule is COc1ccnc(N2CCN(c3cc(C)nc(N4CCCC4)n3)CC2)n1. The maximum atomic E-state index is 5.20. The molecular weight excluding hydrogens is 330 g/mol. The molecule has 4 heterocycles. The van der Waals surface area contributed by atoms with Crippen molar-refractivity contribution in [2.24, 2.45) is 0 Å². The fourth-order valence-electron chi connectivity index (χ4n) is 3.49. The minimum atomic E-state index is 0.596. The molecule has 2 fully saturated rings. The Morgan fingerprint density at radius 3 is 2.27 bits per heavy atom. The quantitative estimate of drug-likeness (QED) is 0.817. The number of rotatable bonds is 4. The molecule has 2 aromatic rings. The van der Waals surface area contributed by atoms with Gasteiger partial charge in [-0.25, -0.2) is 9.97 Å². The Balaban J connectivity index is 1.46. The lowest BCUT2D eigenvalue weighted by atomic mass is 10.3. The molecule has 0 bridgehead atoms. The van der Waals surface area contributed by atoms with Crippen molar-refractivity contribution in [3.05, 3.63) is 24.0 Å². The number of aryl methyl sites for hydroxylation is 1. The van der Waals surface area contributed by atoms with Crippen molar-refractivity contribution in [3.63, 3.8) is 0 Å². The molecule has 0 amide bonds. The van der Waals surface area contributed by atoms with E-state index in [4.69, 9.17) is 9.72 Å². The Bertz CT molecular complexity index is 755. The summed E-state index contributed by atoms with van der Waals surface area (Å²) < 4.78 is 5.20. The second-order valence-corrected chi connectivity index (χ2v) is 6.73. The van der Waals surface area contributed by atoms with E-state index in [-0.39, 0.29) is 0 Å². The average molecular weight is 355 g/mol. The van der Waals surface area contributed by atoms with Crippen LogP contribution in [-0.2, 0) is 0 Å². The van der Waals surface area contributed by atoms with Crippen LogP contribution in [-0.4, -0.2) is 66.3 Å². The third-order valence-corrected chi connectivity index (χ3v) is 4.93. The van der Waals surface area contributed by atoms with Crippen molar-refractivity contribution in [3.8, 4) is 5.88 Å². The molecular formula is C18H25N7O. The van der Waals surface area contributed by atoms with Gasteiger partial charge in [-0.15, -0.1) is 0 Å². The van der Waals surface area contributed by atoms with Crippen LogP contribution in [0, 0.1) is 6.92 Å². The molecule has 0 unspecified atom stereocenters. The van der Waals surface area contributed by atoms with Gasteiger partial charge in [-0.05, 0) is 19.8 Å². The third-order valence-electron chi connectivity index (χ3n) is 4.93. The fourth-order valence-corrected chi connectivity index (χ4v) is 3.49. The molecule has 2 aliphatic rings. The van der Waals surface area contributed by atoms with Gasteiger partial charge in [0, 0.05) is 63.3 Å². The highest BCUT2D eigenvalue weighted by atomic mass is 16.5. The molecule has 0 spiro atoms. The Morgan fingerprint density at radius 2 is 1.54 bits per heavy atom. The van der Waals surface area contributed by atoms with Gasteiger partial charge in [-0.2, -0.15) is 9.97 Å². The number of nitrogens with zero attached hydrogens (tertiary/aromatic N) is 7. The van der Waals surface area contributed by atoms with Crippen LogP contribution in [0.25, 0.3) is 0 Å². The predicted octanol–water partition coefficient (Wildman–Crippen LogP) is 1.51. The first-order valence-electron chi connectivity index (χ1n) is 9.20. The molecule has 26 heavy (non-hydrogen) atoms. The number of ether oxygens (including phenoxy) is 1. The van der Waals surface area contributed by atoms with E-state index in [9.17, 15) is 0 Å².